The Morgan fingerprint density at radius 2 is 2.05 bits per heavy atom. The second kappa shape index (κ2) is 9.34. The number of ether oxygens (including phenoxy) is 1. The first-order valence-electron chi connectivity index (χ1n) is 13.7. The largest absolute Gasteiger partial charge is 0.494 e. The zero-order valence-electron chi connectivity index (χ0n) is 22.6. The number of hydrogen-bond donors (Lipinski definition) is 1. The third-order valence-corrected chi connectivity index (χ3v) is 8.82. The molecule has 3 aromatic heterocycles. The first kappa shape index (κ1) is 24.6. The molecular weight excluding hydrogens is 506 g/mol. The number of fused-ring (bicyclic) bond motifs is 3. The molecule has 2 N–H and O–H groups in total. The fourth-order valence-corrected chi connectivity index (χ4v) is 6.73. The van der Waals surface area contributed by atoms with E-state index in [0.717, 1.165) is 60.8 Å². The molecule has 11 nitrogen and oxygen atoms in total. The summed E-state index contributed by atoms with van der Waals surface area (Å²) in [7, 11) is 3.65. The summed E-state index contributed by atoms with van der Waals surface area (Å²) in [5, 5.41) is 9.16. The number of imidazole rings is 1. The minimum atomic E-state index is -0.00552. The van der Waals surface area contributed by atoms with Gasteiger partial charge in [0.1, 0.15) is 23.2 Å². The number of benzene rings is 1. The fourth-order valence-electron chi connectivity index (χ4n) is 6.73. The number of likely N-dealkylation sites (tertiary alicyclic amines) is 1. The first-order valence-corrected chi connectivity index (χ1v) is 13.7. The van der Waals surface area contributed by atoms with Gasteiger partial charge in [0.05, 0.1) is 18.3 Å². The second-order valence-corrected chi connectivity index (χ2v) is 11.2. The lowest BCUT2D eigenvalue weighted by Gasteiger charge is -2.40. The molecule has 4 aromatic rings. The van der Waals surface area contributed by atoms with Crippen LogP contribution in [0, 0.1) is 23.2 Å². The number of aryl methyl sites for hydroxylation is 1. The first-order chi connectivity index (χ1) is 19.4. The van der Waals surface area contributed by atoms with Gasteiger partial charge in [0.2, 0.25) is 5.82 Å². The van der Waals surface area contributed by atoms with Gasteiger partial charge in [-0.2, -0.15) is 5.26 Å². The minimum Gasteiger partial charge on any atom is -0.494 e. The summed E-state index contributed by atoms with van der Waals surface area (Å²) in [5.41, 5.74) is 9.57. The van der Waals surface area contributed by atoms with E-state index in [0.29, 0.717) is 29.7 Å². The number of nitrogens with two attached hydrogens (primary N) is 1. The average molecular weight is 538 g/mol. The molecular formula is C29H31N9O2. The lowest BCUT2D eigenvalue weighted by Crippen LogP contribution is -2.49. The normalized spacial score (nSPS) is 22.1. The molecule has 3 fully saturated rings. The van der Waals surface area contributed by atoms with Gasteiger partial charge in [0.15, 0.2) is 5.82 Å². The molecule has 40 heavy (non-hydrogen) atoms. The molecule has 204 valence electrons. The highest BCUT2D eigenvalue weighted by atomic mass is 16.5. The number of rotatable bonds is 6. The van der Waals surface area contributed by atoms with Crippen molar-refractivity contribution in [2.45, 2.75) is 31.5 Å². The summed E-state index contributed by atoms with van der Waals surface area (Å²) in [5.74, 6) is 3.12. The van der Waals surface area contributed by atoms with Crippen molar-refractivity contribution in [2.24, 2.45) is 24.6 Å². The van der Waals surface area contributed by atoms with Crippen LogP contribution in [0.4, 0.5) is 5.82 Å². The molecule has 2 aliphatic heterocycles. The Bertz CT molecular complexity index is 1660. The lowest BCUT2D eigenvalue weighted by atomic mass is 9.99. The number of carbonyl (C=O) groups excluding carboxylic acids is 1. The van der Waals surface area contributed by atoms with Crippen molar-refractivity contribution in [3.8, 4) is 23.3 Å². The van der Waals surface area contributed by atoms with E-state index < -0.39 is 0 Å². The molecule has 5 heterocycles. The van der Waals surface area contributed by atoms with E-state index in [4.69, 9.17) is 20.7 Å². The van der Waals surface area contributed by atoms with E-state index in [1.54, 1.807) is 13.3 Å². The molecule has 1 saturated carbocycles. The van der Waals surface area contributed by atoms with Crippen LogP contribution in [0.2, 0.25) is 0 Å². The van der Waals surface area contributed by atoms with Crippen LogP contribution >= 0.6 is 0 Å². The monoisotopic (exact) mass is 537 g/mol. The van der Waals surface area contributed by atoms with Crippen LogP contribution in [0.25, 0.3) is 22.6 Å². The third kappa shape index (κ3) is 3.82. The van der Waals surface area contributed by atoms with Crippen molar-refractivity contribution in [3.05, 3.63) is 54.1 Å². The Morgan fingerprint density at radius 3 is 2.73 bits per heavy atom. The molecule has 0 spiro atoms. The Balaban J connectivity index is 1.23. The molecule has 3 aliphatic rings. The maximum Gasteiger partial charge on any atom is 0.254 e. The summed E-state index contributed by atoms with van der Waals surface area (Å²) >= 11 is 0. The van der Waals surface area contributed by atoms with Crippen molar-refractivity contribution in [1.29, 1.82) is 5.26 Å². The summed E-state index contributed by atoms with van der Waals surface area (Å²) in [6.07, 6.45) is 5.69. The molecule has 2 bridgehead atoms. The molecule has 1 aromatic carbocycles. The number of anilines is 1. The topological polar surface area (TPSA) is 131 Å². The number of amides is 1. The van der Waals surface area contributed by atoms with Gasteiger partial charge in [-0.3, -0.25) is 4.79 Å². The van der Waals surface area contributed by atoms with E-state index in [1.807, 2.05) is 48.5 Å². The molecule has 2 saturated heterocycles. The Labute approximate surface area is 231 Å². The maximum atomic E-state index is 13.7. The van der Waals surface area contributed by atoms with Crippen molar-refractivity contribution in [3.63, 3.8) is 0 Å². The van der Waals surface area contributed by atoms with Gasteiger partial charge in [-0.15, -0.1) is 0 Å². The van der Waals surface area contributed by atoms with Crippen molar-refractivity contribution in [1.82, 2.24) is 29.0 Å². The molecule has 0 unspecified atom stereocenters. The summed E-state index contributed by atoms with van der Waals surface area (Å²) in [6.45, 7) is 3.03. The SMILES string of the molecule is COc1cc(C(=O)N2C[C@H]3CC[C@@H]2[C@@H]3N)cc2nc(-c3cccn3C)n(CC3CN(c4ccnc(C#N)n4)C3)c12. The zero-order chi connectivity index (χ0) is 27.5. The quantitative estimate of drug-likeness (QED) is 0.397. The van der Waals surface area contributed by atoms with Gasteiger partial charge in [0.25, 0.3) is 5.91 Å². The minimum absolute atomic E-state index is 0.00552. The smallest absolute Gasteiger partial charge is 0.254 e. The Hall–Kier alpha value is -4.43. The number of piperidine rings is 1. The van der Waals surface area contributed by atoms with E-state index >= 15 is 0 Å². The number of hydrogen-bond acceptors (Lipinski definition) is 8. The molecule has 11 heteroatoms. The third-order valence-electron chi connectivity index (χ3n) is 8.82. The molecule has 7 rings (SSSR count). The molecule has 3 atom stereocenters. The van der Waals surface area contributed by atoms with Crippen LogP contribution in [-0.4, -0.2) is 73.7 Å². The molecule has 1 aliphatic carbocycles. The van der Waals surface area contributed by atoms with Crippen molar-refractivity contribution < 1.29 is 9.53 Å². The Kier molecular flexibility index (Phi) is 5.75. The van der Waals surface area contributed by atoms with Gasteiger partial charge in [0, 0.05) is 69.2 Å². The van der Waals surface area contributed by atoms with E-state index in [1.165, 1.54) is 0 Å². The van der Waals surface area contributed by atoms with Gasteiger partial charge in [-0.25, -0.2) is 15.0 Å². The standard InChI is InChI=1S/C29H31N9O2/c1-35-9-3-4-22(35)28-33-20-10-19(29(39)37-16-18-5-6-21(37)26(18)31)11-23(40-2)27(20)38(28)15-17-13-36(14-17)25-7-8-32-24(12-30)34-25/h3-4,7-11,17-18,21,26H,5-6,13-16,31H2,1-2H3/t18-,21-,26-/m1/s1. The highest BCUT2D eigenvalue weighted by molar-refractivity contribution is 6.00. The number of methoxy groups -OCH3 is 1. The van der Waals surface area contributed by atoms with Gasteiger partial charge in [-0.05, 0) is 49.1 Å². The average Bonchev–Trinajstić information content (AvgIpc) is 3.71. The second-order valence-electron chi connectivity index (χ2n) is 11.2. The van der Waals surface area contributed by atoms with Gasteiger partial charge in [-0.1, -0.05) is 0 Å². The zero-order valence-corrected chi connectivity index (χ0v) is 22.6. The predicted molar refractivity (Wildman–Crippen MR) is 149 cm³/mol. The predicted octanol–water partition coefficient (Wildman–Crippen LogP) is 2.41. The number of nitrogens with zero attached hydrogens (tertiary/aromatic N) is 8. The number of carbonyl (C=O) groups is 1. The van der Waals surface area contributed by atoms with Crippen LogP contribution in [0.15, 0.2) is 42.7 Å². The molecule has 1 amide bonds. The van der Waals surface area contributed by atoms with Crippen LogP contribution in [-0.2, 0) is 13.6 Å². The van der Waals surface area contributed by atoms with Crippen LogP contribution in [0.1, 0.15) is 29.0 Å². The summed E-state index contributed by atoms with van der Waals surface area (Å²) in [6, 6.07) is 11.8. The van der Waals surface area contributed by atoms with E-state index in [-0.39, 0.29) is 23.8 Å². The highest BCUT2D eigenvalue weighted by Crippen LogP contribution is 2.39. The van der Waals surface area contributed by atoms with Crippen molar-refractivity contribution in [2.75, 3.05) is 31.6 Å². The van der Waals surface area contributed by atoms with Crippen LogP contribution in [0.3, 0.4) is 0 Å². The number of nitriles is 1. The fraction of sp³-hybridized carbons (Fsp3) is 0.414. The van der Waals surface area contributed by atoms with Crippen LogP contribution < -0.4 is 15.4 Å². The van der Waals surface area contributed by atoms with E-state index in [2.05, 4.69) is 30.1 Å². The number of aromatic nitrogens is 5. The maximum absolute atomic E-state index is 13.7. The van der Waals surface area contributed by atoms with Crippen LogP contribution in [0.5, 0.6) is 5.75 Å². The molecule has 0 radical (unpaired) electrons. The van der Waals surface area contributed by atoms with Gasteiger partial charge < -0.3 is 29.4 Å². The Morgan fingerprint density at radius 1 is 1.20 bits per heavy atom. The summed E-state index contributed by atoms with van der Waals surface area (Å²) < 4.78 is 10.2. The highest BCUT2D eigenvalue weighted by Gasteiger charge is 2.47. The van der Waals surface area contributed by atoms with E-state index in [9.17, 15) is 4.79 Å². The van der Waals surface area contributed by atoms with Gasteiger partial charge >= 0.3 is 0 Å². The summed E-state index contributed by atoms with van der Waals surface area (Å²) in [4.78, 5) is 31.1. The van der Waals surface area contributed by atoms with Crippen molar-refractivity contribution >= 4 is 22.8 Å². The lowest BCUT2D eigenvalue weighted by molar-refractivity contribution is 0.0700.